The molecule has 3 aliphatic heterocycles. The van der Waals surface area contributed by atoms with E-state index in [-0.39, 0.29) is 23.6 Å². The van der Waals surface area contributed by atoms with Crippen LogP contribution in [0.15, 0.2) is 42.5 Å². The van der Waals surface area contributed by atoms with E-state index in [1.54, 1.807) is 18.2 Å². The van der Waals surface area contributed by atoms with E-state index in [2.05, 4.69) is 4.90 Å². The normalized spacial score (nSPS) is 22.4. The zero-order valence-corrected chi connectivity index (χ0v) is 19.2. The number of hydrogen-bond acceptors (Lipinski definition) is 5. The zero-order chi connectivity index (χ0) is 24.7. The van der Waals surface area contributed by atoms with E-state index in [1.165, 1.54) is 12.1 Å². The van der Waals surface area contributed by atoms with Crippen molar-refractivity contribution in [1.29, 1.82) is 0 Å². The highest BCUT2D eigenvalue weighted by molar-refractivity contribution is 5.82. The number of halogens is 3. The first kappa shape index (κ1) is 23.4. The largest absolute Gasteiger partial charge is 0.416 e. The van der Waals surface area contributed by atoms with Crippen LogP contribution in [0.4, 0.5) is 30.2 Å². The summed E-state index contributed by atoms with van der Waals surface area (Å²) in [5.41, 5.74) is 1.67. The topological polar surface area (TPSA) is 69.9 Å². The summed E-state index contributed by atoms with van der Waals surface area (Å²) in [6.07, 6.45) is -0.978. The Balaban J connectivity index is 1.32. The highest BCUT2D eigenvalue weighted by Gasteiger charge is 2.42. The van der Waals surface area contributed by atoms with Crippen LogP contribution in [-0.2, 0) is 17.4 Å². The maximum atomic E-state index is 13.7. The molecule has 2 fully saturated rings. The Kier molecular flexibility index (Phi) is 6.06. The van der Waals surface area contributed by atoms with Crippen LogP contribution in [-0.4, -0.2) is 54.5 Å². The summed E-state index contributed by atoms with van der Waals surface area (Å²) >= 11 is 0. The highest BCUT2D eigenvalue weighted by Crippen LogP contribution is 2.40. The molecule has 186 valence electrons. The van der Waals surface area contributed by atoms with E-state index in [9.17, 15) is 28.1 Å². The number of carbonyl (C=O) groups excluding carboxylic acids is 1. The summed E-state index contributed by atoms with van der Waals surface area (Å²) in [6, 6.07) is 10.3. The van der Waals surface area contributed by atoms with Crippen LogP contribution in [0.5, 0.6) is 0 Å². The van der Waals surface area contributed by atoms with Crippen LogP contribution in [0.25, 0.3) is 0 Å². The van der Waals surface area contributed by atoms with Gasteiger partial charge in [-0.1, -0.05) is 6.07 Å². The number of piperazine rings is 1. The van der Waals surface area contributed by atoms with Crippen LogP contribution in [0.3, 0.4) is 0 Å². The fraction of sp³-hybridized carbons (Fsp3) is 0.480. The smallest absolute Gasteiger partial charge is 0.368 e. The molecular weight excluding hydrogens is 461 g/mol. The van der Waals surface area contributed by atoms with Crippen molar-refractivity contribution in [1.82, 2.24) is 4.90 Å². The molecule has 10 heteroatoms. The predicted molar refractivity (Wildman–Crippen MR) is 126 cm³/mol. The number of anilines is 2. The number of nitro groups is 1. The molecular formula is C25H27F3N4O3. The number of nitro benzene ring substituents is 1. The molecule has 0 aromatic heterocycles. The van der Waals surface area contributed by atoms with Gasteiger partial charge in [0, 0.05) is 62.3 Å². The standard InChI is InChI=1S/C25H27F3N4O3/c26-25(27,28)18-4-3-5-19(16-18)29-10-12-30(13-11-29)24(33)21-15-17-14-20(32(34)35)7-8-22(17)31-9-2-1-6-23(21)31/h3-5,7-8,14,16,21,23H,1-2,6,9-13,15H2/t21-,23-/m0/s1. The molecule has 2 atom stereocenters. The fourth-order valence-corrected chi connectivity index (χ4v) is 5.73. The Morgan fingerprint density at radius 1 is 1.00 bits per heavy atom. The summed E-state index contributed by atoms with van der Waals surface area (Å²) in [5.74, 6) is -0.257. The minimum atomic E-state index is -4.40. The number of non-ortho nitro benzene ring substituents is 1. The molecule has 2 aromatic carbocycles. The minimum Gasteiger partial charge on any atom is -0.368 e. The number of amides is 1. The van der Waals surface area contributed by atoms with Crippen molar-refractivity contribution in [3.8, 4) is 0 Å². The predicted octanol–water partition coefficient (Wildman–Crippen LogP) is 4.49. The Bertz CT molecular complexity index is 1130. The summed E-state index contributed by atoms with van der Waals surface area (Å²) in [7, 11) is 0. The van der Waals surface area contributed by atoms with E-state index in [0.29, 0.717) is 38.3 Å². The molecule has 0 saturated carbocycles. The van der Waals surface area contributed by atoms with Crippen molar-refractivity contribution in [3.63, 3.8) is 0 Å². The van der Waals surface area contributed by atoms with Crippen molar-refractivity contribution in [2.75, 3.05) is 42.5 Å². The van der Waals surface area contributed by atoms with Gasteiger partial charge >= 0.3 is 6.18 Å². The maximum absolute atomic E-state index is 13.7. The van der Waals surface area contributed by atoms with Gasteiger partial charge in [-0.05, 0) is 55.5 Å². The lowest BCUT2D eigenvalue weighted by Crippen LogP contribution is -2.57. The Morgan fingerprint density at radius 3 is 2.49 bits per heavy atom. The molecule has 0 bridgehead atoms. The Morgan fingerprint density at radius 2 is 1.77 bits per heavy atom. The van der Waals surface area contributed by atoms with Crippen molar-refractivity contribution in [2.45, 2.75) is 37.9 Å². The first-order valence-electron chi connectivity index (χ1n) is 12.0. The van der Waals surface area contributed by atoms with Crippen LogP contribution < -0.4 is 9.80 Å². The summed E-state index contributed by atoms with van der Waals surface area (Å²) in [6.45, 7) is 2.59. The number of fused-ring (bicyclic) bond motifs is 3. The molecule has 3 heterocycles. The van der Waals surface area contributed by atoms with Gasteiger partial charge in [-0.3, -0.25) is 14.9 Å². The van der Waals surface area contributed by atoms with Crippen LogP contribution in [0.1, 0.15) is 30.4 Å². The third-order valence-corrected chi connectivity index (χ3v) is 7.48. The van der Waals surface area contributed by atoms with E-state index >= 15 is 0 Å². The van der Waals surface area contributed by atoms with Crippen LogP contribution >= 0.6 is 0 Å². The van der Waals surface area contributed by atoms with Crippen molar-refractivity contribution >= 4 is 23.0 Å². The second kappa shape index (κ2) is 9.05. The fourth-order valence-electron chi connectivity index (χ4n) is 5.73. The average Bonchev–Trinajstić information content (AvgIpc) is 2.87. The van der Waals surface area contributed by atoms with E-state index in [1.807, 2.05) is 9.80 Å². The molecule has 1 amide bonds. The molecule has 0 unspecified atom stereocenters. The van der Waals surface area contributed by atoms with Gasteiger partial charge in [0.15, 0.2) is 0 Å². The monoisotopic (exact) mass is 488 g/mol. The SMILES string of the molecule is O=C([C@H]1Cc2cc([N+](=O)[O-])ccc2N2CCCC[C@@H]12)N1CCN(c2cccc(C(F)(F)F)c2)CC1. The van der Waals surface area contributed by atoms with Crippen LogP contribution in [0, 0.1) is 16.0 Å². The molecule has 7 nitrogen and oxygen atoms in total. The number of rotatable bonds is 3. The van der Waals surface area contributed by atoms with Gasteiger partial charge in [-0.15, -0.1) is 0 Å². The number of benzene rings is 2. The lowest BCUT2D eigenvalue weighted by molar-refractivity contribution is -0.384. The minimum absolute atomic E-state index is 0.0279. The maximum Gasteiger partial charge on any atom is 0.416 e. The number of piperidine rings is 1. The lowest BCUT2D eigenvalue weighted by atomic mass is 9.80. The van der Waals surface area contributed by atoms with Gasteiger partial charge < -0.3 is 14.7 Å². The number of nitrogens with zero attached hydrogens (tertiary/aromatic N) is 4. The van der Waals surface area contributed by atoms with Crippen LogP contribution in [0.2, 0.25) is 0 Å². The molecule has 2 saturated heterocycles. The second-order valence-electron chi connectivity index (χ2n) is 9.50. The van der Waals surface area contributed by atoms with Gasteiger partial charge in [-0.25, -0.2) is 0 Å². The molecule has 3 aliphatic rings. The first-order valence-corrected chi connectivity index (χ1v) is 12.0. The Hall–Kier alpha value is -3.30. The molecule has 0 aliphatic carbocycles. The van der Waals surface area contributed by atoms with E-state index < -0.39 is 16.7 Å². The molecule has 0 radical (unpaired) electrons. The molecule has 0 N–H and O–H groups in total. The zero-order valence-electron chi connectivity index (χ0n) is 19.2. The lowest BCUT2D eigenvalue weighted by Gasteiger charge is -2.47. The summed E-state index contributed by atoms with van der Waals surface area (Å²) in [5, 5.41) is 11.3. The quantitative estimate of drug-likeness (QED) is 0.470. The number of alkyl halides is 3. The van der Waals surface area contributed by atoms with Gasteiger partial charge in [0.25, 0.3) is 5.69 Å². The Labute approximate surface area is 201 Å². The van der Waals surface area contributed by atoms with Gasteiger partial charge in [0.2, 0.25) is 5.91 Å². The third-order valence-electron chi connectivity index (χ3n) is 7.48. The molecule has 2 aromatic rings. The van der Waals surface area contributed by atoms with E-state index in [4.69, 9.17) is 0 Å². The van der Waals surface area contributed by atoms with E-state index in [0.717, 1.165) is 49.2 Å². The molecule has 5 rings (SSSR count). The van der Waals surface area contributed by atoms with Gasteiger partial charge in [-0.2, -0.15) is 13.2 Å². The van der Waals surface area contributed by atoms with Crippen molar-refractivity contribution in [3.05, 3.63) is 63.7 Å². The van der Waals surface area contributed by atoms with Gasteiger partial charge in [0.05, 0.1) is 16.4 Å². The molecule has 0 spiro atoms. The van der Waals surface area contributed by atoms with Crippen molar-refractivity contribution < 1.29 is 22.9 Å². The third kappa shape index (κ3) is 4.53. The second-order valence-corrected chi connectivity index (χ2v) is 9.50. The number of hydrogen-bond donors (Lipinski definition) is 0. The van der Waals surface area contributed by atoms with Crippen molar-refractivity contribution in [2.24, 2.45) is 5.92 Å². The average molecular weight is 489 g/mol. The summed E-state index contributed by atoms with van der Waals surface area (Å²) in [4.78, 5) is 30.5. The number of carbonyl (C=O) groups is 1. The molecule has 35 heavy (non-hydrogen) atoms. The summed E-state index contributed by atoms with van der Waals surface area (Å²) < 4.78 is 39.3. The highest BCUT2D eigenvalue weighted by atomic mass is 19.4. The first-order chi connectivity index (χ1) is 16.7. The van der Waals surface area contributed by atoms with Gasteiger partial charge in [0.1, 0.15) is 0 Å².